The van der Waals surface area contributed by atoms with Gasteiger partial charge in [0.05, 0.1) is 16.2 Å². The number of carbonyl (C=O) groups excluding carboxylic acids is 2. The molecule has 0 fully saturated rings. The first-order valence-electron chi connectivity index (χ1n) is 9.30. The number of likely N-dealkylation sites (N-methyl/N-ethyl adjacent to an activating group) is 1. The fourth-order valence-electron chi connectivity index (χ4n) is 3.44. The number of hydrogen-bond acceptors (Lipinski definition) is 5. The normalized spacial score (nSPS) is 13.7. The van der Waals surface area contributed by atoms with E-state index in [0.29, 0.717) is 11.3 Å². The van der Waals surface area contributed by atoms with Crippen LogP contribution >= 0.6 is 0 Å². The fourth-order valence-corrected chi connectivity index (χ4v) is 3.44. The number of nitro groups is 1. The van der Waals surface area contributed by atoms with E-state index in [1.54, 1.807) is 36.2 Å². The number of non-ortho nitro benzene ring substituents is 1. The number of nitro benzene ring substituents is 1. The third-order valence-corrected chi connectivity index (χ3v) is 4.99. The summed E-state index contributed by atoms with van der Waals surface area (Å²) < 4.78 is 13.4. The highest BCUT2D eigenvalue weighted by Crippen LogP contribution is 2.36. The van der Waals surface area contributed by atoms with Gasteiger partial charge in [0.1, 0.15) is 11.5 Å². The Hall–Kier alpha value is -4.33. The lowest BCUT2D eigenvalue weighted by Crippen LogP contribution is -2.34. The number of hydrogen-bond donors (Lipinski definition) is 0. The van der Waals surface area contributed by atoms with Crippen LogP contribution in [0.1, 0.15) is 5.56 Å². The minimum atomic E-state index is -0.594. The van der Waals surface area contributed by atoms with E-state index in [1.807, 2.05) is 6.07 Å². The van der Waals surface area contributed by atoms with E-state index >= 15 is 0 Å². The van der Waals surface area contributed by atoms with Crippen LogP contribution in [0.5, 0.6) is 0 Å². The number of para-hydroxylation sites is 1. The summed E-state index contributed by atoms with van der Waals surface area (Å²) in [7, 11) is 1.66. The minimum absolute atomic E-state index is 0.107. The predicted octanol–water partition coefficient (Wildman–Crippen LogP) is 4.15. The van der Waals surface area contributed by atoms with Crippen LogP contribution in [0.3, 0.4) is 0 Å². The highest BCUT2D eigenvalue weighted by molar-refractivity contribution is 6.46. The summed E-state index contributed by atoms with van der Waals surface area (Å²) >= 11 is 0. The zero-order valence-electron chi connectivity index (χ0n) is 16.4. The molecule has 0 radical (unpaired) electrons. The second kappa shape index (κ2) is 7.83. The molecule has 0 bridgehead atoms. The van der Waals surface area contributed by atoms with E-state index in [9.17, 15) is 24.1 Å². The molecule has 3 aromatic carbocycles. The maximum atomic E-state index is 13.4. The van der Waals surface area contributed by atoms with Gasteiger partial charge in [-0.25, -0.2) is 9.29 Å². The number of halogens is 1. The maximum absolute atomic E-state index is 13.4. The van der Waals surface area contributed by atoms with Gasteiger partial charge in [-0.15, -0.1) is 0 Å². The van der Waals surface area contributed by atoms with Crippen molar-refractivity contribution in [2.75, 3.05) is 16.8 Å². The Morgan fingerprint density at radius 2 is 1.48 bits per heavy atom. The van der Waals surface area contributed by atoms with Crippen LogP contribution in [-0.2, 0) is 9.59 Å². The largest absolute Gasteiger partial charge is 0.339 e. The Labute approximate surface area is 176 Å². The number of amides is 2. The van der Waals surface area contributed by atoms with Crippen LogP contribution in [-0.4, -0.2) is 23.8 Å². The number of carbonyl (C=O) groups is 2. The van der Waals surface area contributed by atoms with Gasteiger partial charge < -0.3 is 4.90 Å². The van der Waals surface area contributed by atoms with Gasteiger partial charge in [0, 0.05) is 24.9 Å². The lowest BCUT2D eigenvalue weighted by molar-refractivity contribution is -0.384. The van der Waals surface area contributed by atoms with E-state index in [0.717, 1.165) is 4.90 Å². The molecule has 0 unspecified atom stereocenters. The summed E-state index contributed by atoms with van der Waals surface area (Å²) in [6.07, 6.45) is 0. The maximum Gasteiger partial charge on any atom is 0.282 e. The summed E-state index contributed by atoms with van der Waals surface area (Å²) in [5.41, 5.74) is 1.37. The SMILES string of the molecule is CN(C1=C(c2ccc([N+](=O)[O-])cc2)C(=O)N(c2ccc(F)cc2)C1=O)c1ccccc1. The third kappa shape index (κ3) is 3.55. The molecule has 31 heavy (non-hydrogen) atoms. The topological polar surface area (TPSA) is 83.8 Å². The van der Waals surface area contributed by atoms with Crippen LogP contribution in [0.4, 0.5) is 21.5 Å². The molecule has 2 amide bonds. The molecule has 0 spiro atoms. The lowest BCUT2D eigenvalue weighted by atomic mass is 10.0. The molecular formula is C23H16FN3O4. The molecule has 1 aliphatic rings. The Bertz CT molecular complexity index is 1210. The monoisotopic (exact) mass is 417 g/mol. The number of anilines is 2. The summed E-state index contributed by atoms with van der Waals surface area (Å²) in [6, 6.07) is 19.5. The number of nitrogens with zero attached hydrogens (tertiary/aromatic N) is 3. The van der Waals surface area contributed by atoms with Gasteiger partial charge in [0.2, 0.25) is 0 Å². The van der Waals surface area contributed by atoms with Crippen molar-refractivity contribution in [1.82, 2.24) is 0 Å². The second-order valence-electron chi connectivity index (χ2n) is 6.84. The quantitative estimate of drug-likeness (QED) is 0.354. The molecule has 154 valence electrons. The molecule has 7 nitrogen and oxygen atoms in total. The van der Waals surface area contributed by atoms with Gasteiger partial charge in [-0.3, -0.25) is 19.7 Å². The van der Waals surface area contributed by atoms with E-state index in [-0.39, 0.29) is 22.6 Å². The molecule has 4 rings (SSSR count). The zero-order chi connectivity index (χ0) is 22.1. The van der Waals surface area contributed by atoms with Crippen LogP contribution < -0.4 is 9.80 Å². The van der Waals surface area contributed by atoms with Crippen LogP contribution in [0, 0.1) is 15.9 Å². The van der Waals surface area contributed by atoms with Crippen molar-refractivity contribution in [3.05, 3.63) is 106 Å². The number of imide groups is 1. The number of benzene rings is 3. The highest BCUT2D eigenvalue weighted by Gasteiger charge is 2.42. The summed E-state index contributed by atoms with van der Waals surface area (Å²) in [4.78, 5) is 39.8. The molecule has 0 saturated heterocycles. The fraction of sp³-hybridized carbons (Fsp3) is 0.0435. The first kappa shape index (κ1) is 20.0. The predicted molar refractivity (Wildman–Crippen MR) is 114 cm³/mol. The molecule has 1 aliphatic heterocycles. The van der Waals surface area contributed by atoms with Gasteiger partial charge >= 0.3 is 0 Å². The molecule has 0 aliphatic carbocycles. The van der Waals surface area contributed by atoms with Crippen LogP contribution in [0.15, 0.2) is 84.6 Å². The average Bonchev–Trinajstić information content (AvgIpc) is 3.04. The standard InChI is InChI=1S/C23H16FN3O4/c1-25(17-5-3-2-4-6-17)21-20(15-7-11-19(12-8-15)27(30)31)22(28)26(23(21)29)18-13-9-16(24)10-14-18/h2-14H,1H3. The summed E-state index contributed by atoms with van der Waals surface area (Å²) in [5.74, 6) is -1.66. The van der Waals surface area contributed by atoms with Crippen LogP contribution in [0.2, 0.25) is 0 Å². The Balaban J connectivity index is 1.86. The van der Waals surface area contributed by atoms with Gasteiger partial charge in [-0.1, -0.05) is 18.2 Å². The average molecular weight is 417 g/mol. The van der Waals surface area contributed by atoms with Crippen molar-refractivity contribution in [2.24, 2.45) is 0 Å². The van der Waals surface area contributed by atoms with E-state index in [1.165, 1.54) is 48.5 Å². The zero-order valence-corrected chi connectivity index (χ0v) is 16.4. The number of rotatable bonds is 5. The third-order valence-electron chi connectivity index (χ3n) is 4.99. The van der Waals surface area contributed by atoms with E-state index in [4.69, 9.17) is 0 Å². The first-order valence-corrected chi connectivity index (χ1v) is 9.30. The second-order valence-corrected chi connectivity index (χ2v) is 6.84. The molecule has 0 aromatic heterocycles. The van der Waals surface area contributed by atoms with E-state index < -0.39 is 22.6 Å². The van der Waals surface area contributed by atoms with Crippen molar-refractivity contribution >= 4 is 34.4 Å². The van der Waals surface area contributed by atoms with Gasteiger partial charge in [0.15, 0.2) is 0 Å². The van der Waals surface area contributed by atoms with Gasteiger partial charge in [-0.2, -0.15) is 0 Å². The Morgan fingerprint density at radius 1 is 0.871 bits per heavy atom. The molecule has 8 heteroatoms. The Morgan fingerprint density at radius 3 is 2.06 bits per heavy atom. The van der Waals surface area contributed by atoms with E-state index in [2.05, 4.69) is 0 Å². The van der Waals surface area contributed by atoms with Gasteiger partial charge in [-0.05, 0) is 54.1 Å². The first-order chi connectivity index (χ1) is 14.9. The molecule has 1 heterocycles. The van der Waals surface area contributed by atoms with Crippen molar-refractivity contribution in [1.29, 1.82) is 0 Å². The van der Waals surface area contributed by atoms with Crippen molar-refractivity contribution in [2.45, 2.75) is 0 Å². The molecule has 0 atom stereocenters. The smallest absolute Gasteiger partial charge is 0.282 e. The summed E-state index contributed by atoms with van der Waals surface area (Å²) in [6.45, 7) is 0. The van der Waals surface area contributed by atoms with Crippen molar-refractivity contribution in [3.8, 4) is 0 Å². The van der Waals surface area contributed by atoms with Crippen molar-refractivity contribution in [3.63, 3.8) is 0 Å². The molecular weight excluding hydrogens is 401 g/mol. The molecule has 0 saturated carbocycles. The molecule has 0 N–H and O–H groups in total. The lowest BCUT2D eigenvalue weighted by Gasteiger charge is -2.21. The Kier molecular flexibility index (Phi) is 5.04. The van der Waals surface area contributed by atoms with Crippen LogP contribution in [0.25, 0.3) is 5.57 Å². The van der Waals surface area contributed by atoms with Gasteiger partial charge in [0.25, 0.3) is 17.5 Å². The molecule has 3 aromatic rings. The summed E-state index contributed by atoms with van der Waals surface area (Å²) in [5, 5.41) is 11.0. The minimum Gasteiger partial charge on any atom is -0.339 e. The highest BCUT2D eigenvalue weighted by atomic mass is 19.1. The van der Waals surface area contributed by atoms with Crippen molar-refractivity contribution < 1.29 is 18.9 Å².